The van der Waals surface area contributed by atoms with Gasteiger partial charge in [-0.2, -0.15) is 0 Å². The minimum Gasteiger partial charge on any atom is -0.504 e. The van der Waals surface area contributed by atoms with Crippen molar-refractivity contribution in [2.45, 2.75) is 45.3 Å². The number of nitrogens with one attached hydrogen (secondary N) is 2. The molecule has 0 aliphatic heterocycles. The molecule has 0 heterocycles. The van der Waals surface area contributed by atoms with Crippen LogP contribution in [0.5, 0.6) is 0 Å². The minimum absolute atomic E-state index is 0.313. The summed E-state index contributed by atoms with van der Waals surface area (Å²) in [5.41, 5.74) is 0. The second-order valence-electron chi connectivity index (χ2n) is 5.26. The SMILES string of the molecule is COC(=O)NCCCCCCNC(=O)O[Si](C)(C)C. The van der Waals surface area contributed by atoms with Crippen LogP contribution < -0.4 is 10.6 Å². The molecule has 2 amide bonds. The molecular formula is C12H26N2O4Si. The van der Waals surface area contributed by atoms with Crippen LogP contribution in [0, 0.1) is 0 Å². The third-order valence-corrected chi connectivity index (χ3v) is 3.02. The van der Waals surface area contributed by atoms with Gasteiger partial charge >= 0.3 is 12.2 Å². The quantitative estimate of drug-likeness (QED) is 0.532. The summed E-state index contributed by atoms with van der Waals surface area (Å²) in [7, 11) is -0.437. The maximum Gasteiger partial charge on any atom is 0.406 e. The van der Waals surface area contributed by atoms with Crippen molar-refractivity contribution in [3.8, 4) is 0 Å². The highest BCUT2D eigenvalue weighted by Gasteiger charge is 2.19. The number of methoxy groups -OCH3 is 1. The minimum atomic E-state index is -1.78. The summed E-state index contributed by atoms with van der Waals surface area (Å²) < 4.78 is 9.70. The van der Waals surface area contributed by atoms with E-state index in [-0.39, 0.29) is 6.09 Å². The molecule has 0 rings (SSSR count). The Morgan fingerprint density at radius 1 is 0.895 bits per heavy atom. The summed E-state index contributed by atoms with van der Waals surface area (Å²) in [6.45, 7) is 7.17. The van der Waals surface area contributed by atoms with Gasteiger partial charge in [-0.15, -0.1) is 0 Å². The van der Waals surface area contributed by atoms with Crippen molar-refractivity contribution in [2.24, 2.45) is 0 Å². The fraction of sp³-hybridized carbons (Fsp3) is 0.833. The molecule has 0 aromatic carbocycles. The Morgan fingerprint density at radius 3 is 1.79 bits per heavy atom. The van der Waals surface area contributed by atoms with Gasteiger partial charge in [0, 0.05) is 13.1 Å². The fourth-order valence-corrected chi connectivity index (χ4v) is 2.00. The first-order valence-electron chi connectivity index (χ1n) is 6.64. The third kappa shape index (κ3) is 13.0. The number of amides is 2. The number of hydrogen-bond acceptors (Lipinski definition) is 4. The van der Waals surface area contributed by atoms with E-state index in [4.69, 9.17) is 4.43 Å². The van der Waals surface area contributed by atoms with E-state index in [1.54, 1.807) is 0 Å². The normalized spacial score (nSPS) is 10.7. The van der Waals surface area contributed by atoms with Crippen molar-refractivity contribution >= 4 is 20.5 Å². The van der Waals surface area contributed by atoms with E-state index in [0.29, 0.717) is 13.1 Å². The van der Waals surface area contributed by atoms with E-state index in [1.807, 2.05) is 19.6 Å². The van der Waals surface area contributed by atoms with Gasteiger partial charge in [0.1, 0.15) is 0 Å². The summed E-state index contributed by atoms with van der Waals surface area (Å²) in [4.78, 5) is 22.1. The molecule has 2 N–H and O–H groups in total. The van der Waals surface area contributed by atoms with Crippen molar-refractivity contribution < 1.29 is 18.8 Å². The number of rotatable bonds is 8. The van der Waals surface area contributed by atoms with Crippen LogP contribution in [0.15, 0.2) is 0 Å². The highest BCUT2D eigenvalue weighted by molar-refractivity contribution is 6.71. The molecule has 7 heteroatoms. The van der Waals surface area contributed by atoms with Crippen LogP contribution >= 0.6 is 0 Å². The largest absolute Gasteiger partial charge is 0.504 e. The molecule has 0 saturated heterocycles. The van der Waals surface area contributed by atoms with Gasteiger partial charge in [-0.05, 0) is 32.5 Å². The Morgan fingerprint density at radius 2 is 1.37 bits per heavy atom. The van der Waals surface area contributed by atoms with Crippen molar-refractivity contribution in [1.29, 1.82) is 0 Å². The standard InChI is InChI=1S/C12H26N2O4Si/c1-17-11(15)13-9-7-5-6-8-10-14-12(16)18-19(2,3)4/h5-10H2,1-4H3,(H,13,15)(H,14,16). The lowest BCUT2D eigenvalue weighted by molar-refractivity contribution is 0.171. The number of hydrogen-bond donors (Lipinski definition) is 2. The zero-order valence-corrected chi connectivity index (χ0v) is 13.4. The Labute approximate surface area is 116 Å². The van der Waals surface area contributed by atoms with Crippen LogP contribution in [-0.2, 0) is 9.16 Å². The van der Waals surface area contributed by atoms with Gasteiger partial charge in [0.25, 0.3) is 0 Å². The van der Waals surface area contributed by atoms with Crippen molar-refractivity contribution in [2.75, 3.05) is 20.2 Å². The Hall–Kier alpha value is -1.24. The predicted molar refractivity (Wildman–Crippen MR) is 76.7 cm³/mol. The van der Waals surface area contributed by atoms with E-state index in [2.05, 4.69) is 15.4 Å². The van der Waals surface area contributed by atoms with E-state index < -0.39 is 14.4 Å². The van der Waals surface area contributed by atoms with Crippen LogP contribution in [0.3, 0.4) is 0 Å². The van der Waals surface area contributed by atoms with Crippen LogP contribution in [0.25, 0.3) is 0 Å². The van der Waals surface area contributed by atoms with Crippen LogP contribution in [0.2, 0.25) is 19.6 Å². The summed E-state index contributed by atoms with van der Waals surface area (Å²) in [6.07, 6.45) is 3.14. The Balaban J connectivity index is 3.32. The van der Waals surface area contributed by atoms with E-state index in [9.17, 15) is 9.59 Å². The number of unbranched alkanes of at least 4 members (excludes halogenated alkanes) is 3. The first-order valence-corrected chi connectivity index (χ1v) is 10.0. The van der Waals surface area contributed by atoms with Crippen LogP contribution in [-0.4, -0.2) is 40.7 Å². The monoisotopic (exact) mass is 290 g/mol. The highest BCUT2D eigenvalue weighted by Crippen LogP contribution is 2.03. The molecule has 112 valence electrons. The van der Waals surface area contributed by atoms with Gasteiger partial charge in [-0.1, -0.05) is 12.8 Å². The molecule has 0 bridgehead atoms. The average Bonchev–Trinajstić information content (AvgIpc) is 2.29. The van der Waals surface area contributed by atoms with E-state index in [0.717, 1.165) is 25.7 Å². The molecule has 0 radical (unpaired) electrons. The summed E-state index contributed by atoms with van der Waals surface area (Å²) in [5, 5.41) is 5.36. The molecule has 0 fully saturated rings. The predicted octanol–water partition coefficient (Wildman–Crippen LogP) is 2.46. The van der Waals surface area contributed by atoms with Crippen LogP contribution in [0.1, 0.15) is 25.7 Å². The summed E-state index contributed by atoms with van der Waals surface area (Å²) >= 11 is 0. The zero-order valence-electron chi connectivity index (χ0n) is 12.4. The molecule has 0 atom stereocenters. The number of alkyl carbamates (subject to hydrolysis) is 1. The smallest absolute Gasteiger partial charge is 0.406 e. The lowest BCUT2D eigenvalue weighted by Gasteiger charge is -2.17. The van der Waals surface area contributed by atoms with Crippen LogP contribution in [0.4, 0.5) is 9.59 Å². The molecule has 6 nitrogen and oxygen atoms in total. The average molecular weight is 290 g/mol. The van der Waals surface area contributed by atoms with Gasteiger partial charge in [0.2, 0.25) is 8.32 Å². The van der Waals surface area contributed by atoms with Crippen molar-refractivity contribution in [1.82, 2.24) is 10.6 Å². The molecule has 0 saturated carbocycles. The Bertz CT molecular complexity index is 279. The zero-order chi connectivity index (χ0) is 14.7. The topological polar surface area (TPSA) is 76.7 Å². The maximum absolute atomic E-state index is 11.3. The first-order chi connectivity index (χ1) is 8.85. The summed E-state index contributed by atoms with van der Waals surface area (Å²) in [6, 6.07) is 0. The van der Waals surface area contributed by atoms with E-state index >= 15 is 0 Å². The second-order valence-corrected chi connectivity index (χ2v) is 9.69. The molecule has 0 aliphatic rings. The van der Waals surface area contributed by atoms with Crippen molar-refractivity contribution in [3.63, 3.8) is 0 Å². The molecule has 0 aliphatic carbocycles. The van der Waals surface area contributed by atoms with Gasteiger partial charge in [-0.3, -0.25) is 0 Å². The van der Waals surface area contributed by atoms with Gasteiger partial charge in [0.15, 0.2) is 0 Å². The molecular weight excluding hydrogens is 264 g/mol. The number of carbonyl (C=O) groups excluding carboxylic acids is 2. The fourth-order valence-electron chi connectivity index (χ4n) is 1.37. The maximum atomic E-state index is 11.3. The number of carbonyl (C=O) groups is 2. The van der Waals surface area contributed by atoms with Gasteiger partial charge in [0.05, 0.1) is 7.11 Å². The second kappa shape index (κ2) is 9.66. The molecule has 0 unspecified atom stereocenters. The molecule has 0 aromatic heterocycles. The molecule has 19 heavy (non-hydrogen) atoms. The number of ether oxygens (including phenoxy) is 1. The highest BCUT2D eigenvalue weighted by atomic mass is 28.4. The van der Waals surface area contributed by atoms with Crippen molar-refractivity contribution in [3.05, 3.63) is 0 Å². The first kappa shape index (κ1) is 17.8. The van der Waals surface area contributed by atoms with Gasteiger partial charge < -0.3 is 19.8 Å². The molecule has 0 spiro atoms. The van der Waals surface area contributed by atoms with E-state index in [1.165, 1.54) is 7.11 Å². The lowest BCUT2D eigenvalue weighted by atomic mass is 10.2. The third-order valence-electron chi connectivity index (χ3n) is 2.23. The summed E-state index contributed by atoms with van der Waals surface area (Å²) in [5.74, 6) is 0. The van der Waals surface area contributed by atoms with Gasteiger partial charge in [-0.25, -0.2) is 9.59 Å². The Kier molecular flexibility index (Phi) is 9.02. The molecule has 0 aromatic rings. The lowest BCUT2D eigenvalue weighted by Crippen LogP contribution is -2.36.